The lowest BCUT2D eigenvalue weighted by molar-refractivity contribution is -0.205. The zero-order chi connectivity index (χ0) is 20.0. The standard InChI is InChI=1S/C19H34N2O5S/c1-4-6-11-8-9-20-13(10-11)18(25)21-12(7-5-2)17-15(23)14(22)16(24)19(26-17)27-3/h5,11-17,19-20,22-24H,2,4,6-10H2,1,3H3,(H,21,25)/t11-,12-,13+,14+,15-,16-,17-,19-/m1/s1. The van der Waals surface area contributed by atoms with Crippen LogP contribution in [-0.2, 0) is 9.53 Å². The number of piperidine rings is 1. The minimum Gasteiger partial charge on any atom is -0.388 e. The fourth-order valence-electron chi connectivity index (χ4n) is 4.01. The summed E-state index contributed by atoms with van der Waals surface area (Å²) in [4.78, 5) is 12.8. The molecule has 2 heterocycles. The molecule has 27 heavy (non-hydrogen) atoms. The van der Waals surface area contributed by atoms with Gasteiger partial charge in [-0.3, -0.25) is 4.79 Å². The third-order valence-electron chi connectivity index (χ3n) is 5.51. The van der Waals surface area contributed by atoms with Crippen LogP contribution in [0.2, 0.25) is 0 Å². The lowest BCUT2D eigenvalue weighted by Gasteiger charge is -2.43. The molecule has 8 heteroatoms. The summed E-state index contributed by atoms with van der Waals surface area (Å²) < 4.78 is 5.81. The Kier molecular flexibility index (Phi) is 9.04. The second-order valence-electron chi connectivity index (χ2n) is 7.50. The molecular weight excluding hydrogens is 368 g/mol. The molecule has 2 fully saturated rings. The number of carbonyl (C=O) groups excluding carboxylic acids is 1. The van der Waals surface area contributed by atoms with Crippen LogP contribution in [0, 0.1) is 5.92 Å². The number of hydrogen-bond acceptors (Lipinski definition) is 7. The van der Waals surface area contributed by atoms with Gasteiger partial charge in [0.2, 0.25) is 5.91 Å². The van der Waals surface area contributed by atoms with Gasteiger partial charge in [-0.05, 0) is 38.0 Å². The smallest absolute Gasteiger partial charge is 0.237 e. The third-order valence-corrected chi connectivity index (χ3v) is 6.36. The first-order valence-corrected chi connectivity index (χ1v) is 11.1. The Morgan fingerprint density at radius 3 is 2.74 bits per heavy atom. The summed E-state index contributed by atoms with van der Waals surface area (Å²) in [5.41, 5.74) is -0.667. The van der Waals surface area contributed by atoms with Gasteiger partial charge in [-0.1, -0.05) is 25.8 Å². The Balaban J connectivity index is 2.05. The zero-order valence-electron chi connectivity index (χ0n) is 16.2. The van der Waals surface area contributed by atoms with Crippen molar-refractivity contribution in [3.05, 3.63) is 12.7 Å². The SMILES string of the molecule is C=CC[C@@H](NC(=O)[C@@H]1C[C@H](CCC)CCN1)[C@H]1O[C@H](SC)[C@H](O)[C@@H](O)[C@H]1O. The van der Waals surface area contributed by atoms with Crippen molar-refractivity contribution in [3.63, 3.8) is 0 Å². The Hall–Kier alpha value is -0.640. The molecule has 8 atom stereocenters. The van der Waals surface area contributed by atoms with E-state index in [1.165, 1.54) is 11.8 Å². The van der Waals surface area contributed by atoms with E-state index < -0.39 is 35.9 Å². The predicted octanol–water partition coefficient (Wildman–Crippen LogP) is 0.386. The first-order valence-electron chi connectivity index (χ1n) is 9.80. The van der Waals surface area contributed by atoms with Gasteiger partial charge in [-0.2, -0.15) is 0 Å². The topological polar surface area (TPSA) is 111 Å². The molecule has 0 saturated carbocycles. The minimum absolute atomic E-state index is 0.125. The fraction of sp³-hybridized carbons (Fsp3) is 0.842. The highest BCUT2D eigenvalue weighted by molar-refractivity contribution is 7.99. The van der Waals surface area contributed by atoms with Crippen molar-refractivity contribution in [3.8, 4) is 0 Å². The van der Waals surface area contributed by atoms with Gasteiger partial charge >= 0.3 is 0 Å². The van der Waals surface area contributed by atoms with E-state index in [-0.39, 0.29) is 11.9 Å². The van der Waals surface area contributed by atoms with Gasteiger partial charge in [0.25, 0.3) is 0 Å². The highest BCUT2D eigenvalue weighted by atomic mass is 32.2. The van der Waals surface area contributed by atoms with Crippen molar-refractivity contribution in [2.45, 2.75) is 81.0 Å². The van der Waals surface area contributed by atoms with Crippen molar-refractivity contribution in [2.24, 2.45) is 5.92 Å². The van der Waals surface area contributed by atoms with Crippen LogP contribution >= 0.6 is 11.8 Å². The molecule has 5 N–H and O–H groups in total. The van der Waals surface area contributed by atoms with Crippen LogP contribution in [-0.4, -0.2) is 76.0 Å². The van der Waals surface area contributed by atoms with Crippen LogP contribution in [0.25, 0.3) is 0 Å². The highest BCUT2D eigenvalue weighted by Gasteiger charge is 2.46. The van der Waals surface area contributed by atoms with E-state index in [2.05, 4.69) is 24.1 Å². The number of ether oxygens (including phenoxy) is 1. The maximum atomic E-state index is 12.8. The minimum atomic E-state index is -1.33. The molecule has 0 radical (unpaired) electrons. The van der Waals surface area contributed by atoms with Crippen LogP contribution in [0.3, 0.4) is 0 Å². The van der Waals surface area contributed by atoms with E-state index in [0.717, 1.165) is 32.2 Å². The summed E-state index contributed by atoms with van der Waals surface area (Å²) in [6, 6.07) is -0.801. The number of rotatable bonds is 8. The molecule has 0 aromatic heterocycles. The average Bonchev–Trinajstić information content (AvgIpc) is 2.66. The first-order chi connectivity index (χ1) is 12.9. The average molecular weight is 403 g/mol. The van der Waals surface area contributed by atoms with Crippen LogP contribution in [0.15, 0.2) is 12.7 Å². The van der Waals surface area contributed by atoms with Gasteiger partial charge in [-0.25, -0.2) is 0 Å². The molecule has 0 aliphatic carbocycles. The normalized spacial score (nSPS) is 38.2. The van der Waals surface area contributed by atoms with Gasteiger partial charge in [0, 0.05) is 0 Å². The summed E-state index contributed by atoms with van der Waals surface area (Å²) in [6.45, 7) is 6.70. The first kappa shape index (κ1) is 22.6. The largest absolute Gasteiger partial charge is 0.388 e. The Labute approximate surface area is 165 Å². The summed E-state index contributed by atoms with van der Waals surface area (Å²) >= 11 is 1.26. The van der Waals surface area contributed by atoms with E-state index in [0.29, 0.717) is 12.3 Å². The Morgan fingerprint density at radius 2 is 2.11 bits per heavy atom. The molecule has 0 unspecified atom stereocenters. The molecule has 2 saturated heterocycles. The molecule has 0 aromatic carbocycles. The molecule has 0 aromatic rings. The Bertz CT molecular complexity index is 491. The lowest BCUT2D eigenvalue weighted by atomic mass is 9.88. The molecule has 2 rings (SSSR count). The van der Waals surface area contributed by atoms with Crippen molar-refractivity contribution in [1.29, 1.82) is 0 Å². The van der Waals surface area contributed by atoms with Crippen LogP contribution < -0.4 is 10.6 Å². The van der Waals surface area contributed by atoms with Crippen molar-refractivity contribution < 1.29 is 24.9 Å². The molecule has 2 aliphatic rings. The molecule has 2 aliphatic heterocycles. The molecular formula is C19H34N2O5S. The molecule has 0 bridgehead atoms. The quantitative estimate of drug-likeness (QED) is 0.373. The van der Waals surface area contributed by atoms with Crippen molar-refractivity contribution in [2.75, 3.05) is 12.8 Å². The van der Waals surface area contributed by atoms with E-state index in [1.54, 1.807) is 12.3 Å². The highest BCUT2D eigenvalue weighted by Crippen LogP contribution is 2.29. The number of aliphatic hydroxyl groups excluding tert-OH is 3. The molecule has 1 amide bonds. The number of hydrogen-bond donors (Lipinski definition) is 5. The zero-order valence-corrected chi connectivity index (χ0v) is 17.0. The van der Waals surface area contributed by atoms with Crippen LogP contribution in [0.1, 0.15) is 39.0 Å². The number of carbonyl (C=O) groups is 1. The maximum Gasteiger partial charge on any atom is 0.237 e. The van der Waals surface area contributed by atoms with E-state index in [1.807, 2.05) is 0 Å². The van der Waals surface area contributed by atoms with Gasteiger partial charge in [0.05, 0.1) is 12.1 Å². The molecule has 0 spiro atoms. The predicted molar refractivity (Wildman–Crippen MR) is 106 cm³/mol. The second kappa shape index (κ2) is 10.8. The molecule has 7 nitrogen and oxygen atoms in total. The van der Waals surface area contributed by atoms with Gasteiger partial charge in [0.15, 0.2) is 0 Å². The summed E-state index contributed by atoms with van der Waals surface area (Å²) in [5.74, 6) is 0.416. The van der Waals surface area contributed by atoms with Gasteiger partial charge < -0.3 is 30.7 Å². The summed E-state index contributed by atoms with van der Waals surface area (Å²) in [6.07, 6.45) is 3.29. The van der Waals surface area contributed by atoms with Crippen molar-refractivity contribution in [1.82, 2.24) is 10.6 Å². The monoisotopic (exact) mass is 402 g/mol. The van der Waals surface area contributed by atoms with Crippen LogP contribution in [0.4, 0.5) is 0 Å². The van der Waals surface area contributed by atoms with E-state index >= 15 is 0 Å². The summed E-state index contributed by atoms with van der Waals surface area (Å²) in [7, 11) is 0. The van der Waals surface area contributed by atoms with Crippen molar-refractivity contribution >= 4 is 17.7 Å². The molecule has 156 valence electrons. The lowest BCUT2D eigenvalue weighted by Crippen LogP contribution is -2.63. The fourth-order valence-corrected chi connectivity index (χ4v) is 4.68. The second-order valence-corrected chi connectivity index (χ2v) is 8.44. The number of amides is 1. The number of thioether (sulfide) groups is 1. The third kappa shape index (κ3) is 5.68. The van der Waals surface area contributed by atoms with Gasteiger partial charge in [0.1, 0.15) is 29.9 Å². The van der Waals surface area contributed by atoms with Gasteiger partial charge in [-0.15, -0.1) is 18.3 Å². The number of aliphatic hydroxyl groups is 3. The van der Waals surface area contributed by atoms with Crippen LogP contribution in [0.5, 0.6) is 0 Å². The number of nitrogens with one attached hydrogen (secondary N) is 2. The Morgan fingerprint density at radius 1 is 1.37 bits per heavy atom. The van der Waals surface area contributed by atoms with E-state index in [9.17, 15) is 20.1 Å². The maximum absolute atomic E-state index is 12.8. The summed E-state index contributed by atoms with van der Waals surface area (Å²) in [5, 5.41) is 36.8. The van der Waals surface area contributed by atoms with E-state index in [4.69, 9.17) is 4.74 Å².